The zero-order valence-electron chi connectivity index (χ0n) is 12.8. The summed E-state index contributed by atoms with van der Waals surface area (Å²) in [6, 6.07) is 6.71. The molecule has 1 aromatic carbocycles. The van der Waals surface area contributed by atoms with Gasteiger partial charge < -0.3 is 15.2 Å². The first-order chi connectivity index (χ1) is 10.2. The van der Waals surface area contributed by atoms with Crippen LogP contribution in [-0.4, -0.2) is 41.5 Å². The minimum Gasteiger partial charge on any atom is -0.361 e. The standard InChI is InChI=1S/C17H23N3O/c1-3-13-5-4-6-15-14(10-19-17(13)15)9-16(21)20-8-7-18-12(2)11-20/h4-6,10,12,18-19H,3,7-9,11H2,1-2H3/t12-/m1/s1. The van der Waals surface area contributed by atoms with E-state index in [1.165, 1.54) is 16.5 Å². The Morgan fingerprint density at radius 1 is 1.38 bits per heavy atom. The molecule has 0 bridgehead atoms. The van der Waals surface area contributed by atoms with Crippen molar-refractivity contribution in [2.45, 2.75) is 32.7 Å². The van der Waals surface area contributed by atoms with Crippen LogP contribution >= 0.6 is 0 Å². The van der Waals surface area contributed by atoms with Crippen LogP contribution in [0.4, 0.5) is 0 Å². The van der Waals surface area contributed by atoms with Gasteiger partial charge in [0.25, 0.3) is 0 Å². The van der Waals surface area contributed by atoms with Gasteiger partial charge in [0, 0.05) is 42.8 Å². The molecule has 0 spiro atoms. The van der Waals surface area contributed by atoms with Gasteiger partial charge in [0.2, 0.25) is 5.91 Å². The maximum absolute atomic E-state index is 12.5. The van der Waals surface area contributed by atoms with Crippen molar-refractivity contribution < 1.29 is 4.79 Å². The van der Waals surface area contributed by atoms with E-state index < -0.39 is 0 Å². The van der Waals surface area contributed by atoms with Gasteiger partial charge in [-0.3, -0.25) is 4.79 Å². The first kappa shape index (κ1) is 14.1. The third-order valence-electron chi connectivity index (χ3n) is 4.33. The fraction of sp³-hybridized carbons (Fsp3) is 0.471. The Morgan fingerprint density at radius 2 is 2.24 bits per heavy atom. The number of para-hydroxylation sites is 1. The topological polar surface area (TPSA) is 48.1 Å². The first-order valence-electron chi connectivity index (χ1n) is 7.78. The fourth-order valence-electron chi connectivity index (χ4n) is 3.15. The molecule has 1 saturated heterocycles. The molecule has 0 aliphatic carbocycles. The maximum Gasteiger partial charge on any atom is 0.227 e. The number of nitrogens with one attached hydrogen (secondary N) is 2. The summed E-state index contributed by atoms with van der Waals surface area (Å²) in [5.41, 5.74) is 3.59. The second kappa shape index (κ2) is 5.90. The van der Waals surface area contributed by atoms with E-state index in [9.17, 15) is 4.79 Å². The summed E-state index contributed by atoms with van der Waals surface area (Å²) < 4.78 is 0. The number of aromatic amines is 1. The van der Waals surface area contributed by atoms with Crippen LogP contribution in [0.15, 0.2) is 24.4 Å². The Hall–Kier alpha value is -1.81. The molecule has 1 amide bonds. The number of fused-ring (bicyclic) bond motifs is 1. The number of carbonyl (C=O) groups excluding carboxylic acids is 1. The molecule has 2 aromatic rings. The lowest BCUT2D eigenvalue weighted by molar-refractivity contribution is -0.131. The van der Waals surface area contributed by atoms with Crippen molar-refractivity contribution in [3.63, 3.8) is 0 Å². The third-order valence-corrected chi connectivity index (χ3v) is 4.33. The number of carbonyl (C=O) groups is 1. The van der Waals surface area contributed by atoms with Crippen molar-refractivity contribution in [1.29, 1.82) is 0 Å². The van der Waals surface area contributed by atoms with Crippen LogP contribution in [0.1, 0.15) is 25.0 Å². The van der Waals surface area contributed by atoms with Crippen molar-refractivity contribution >= 4 is 16.8 Å². The van der Waals surface area contributed by atoms with Crippen molar-refractivity contribution in [2.75, 3.05) is 19.6 Å². The second-order valence-corrected chi connectivity index (χ2v) is 5.88. The molecule has 1 atom stereocenters. The maximum atomic E-state index is 12.5. The van der Waals surface area contributed by atoms with E-state index in [0.29, 0.717) is 12.5 Å². The molecule has 4 nitrogen and oxygen atoms in total. The molecule has 21 heavy (non-hydrogen) atoms. The smallest absolute Gasteiger partial charge is 0.227 e. The number of amides is 1. The first-order valence-corrected chi connectivity index (χ1v) is 7.78. The monoisotopic (exact) mass is 285 g/mol. The third kappa shape index (κ3) is 2.81. The fourth-order valence-corrected chi connectivity index (χ4v) is 3.15. The summed E-state index contributed by atoms with van der Waals surface area (Å²) in [6.07, 6.45) is 3.48. The lowest BCUT2D eigenvalue weighted by Crippen LogP contribution is -2.51. The van der Waals surface area contributed by atoms with Gasteiger partial charge in [-0.25, -0.2) is 0 Å². The minimum absolute atomic E-state index is 0.228. The molecule has 112 valence electrons. The van der Waals surface area contributed by atoms with Gasteiger partial charge in [-0.2, -0.15) is 0 Å². The lowest BCUT2D eigenvalue weighted by Gasteiger charge is -2.32. The Morgan fingerprint density at radius 3 is 3.00 bits per heavy atom. The van der Waals surface area contributed by atoms with Crippen LogP contribution in [0, 0.1) is 0 Å². The van der Waals surface area contributed by atoms with E-state index in [-0.39, 0.29) is 5.91 Å². The van der Waals surface area contributed by atoms with Crippen molar-refractivity contribution in [3.8, 4) is 0 Å². The summed E-state index contributed by atoms with van der Waals surface area (Å²) in [5, 5.41) is 4.56. The number of benzene rings is 1. The summed E-state index contributed by atoms with van der Waals surface area (Å²) in [6.45, 7) is 6.79. The quantitative estimate of drug-likeness (QED) is 0.907. The van der Waals surface area contributed by atoms with Crippen LogP contribution in [-0.2, 0) is 17.6 Å². The zero-order chi connectivity index (χ0) is 14.8. The number of hydrogen-bond acceptors (Lipinski definition) is 2. The molecule has 1 aliphatic heterocycles. The van der Waals surface area contributed by atoms with Gasteiger partial charge in [-0.1, -0.05) is 25.1 Å². The Labute approximate surface area is 125 Å². The predicted octanol–water partition coefficient (Wildman–Crippen LogP) is 2.09. The average molecular weight is 285 g/mol. The van der Waals surface area contributed by atoms with E-state index in [0.717, 1.165) is 31.6 Å². The highest BCUT2D eigenvalue weighted by molar-refractivity contribution is 5.90. The van der Waals surface area contributed by atoms with Gasteiger partial charge in [0.15, 0.2) is 0 Å². The predicted molar refractivity (Wildman–Crippen MR) is 85.4 cm³/mol. The normalized spacial score (nSPS) is 19.1. The lowest BCUT2D eigenvalue weighted by atomic mass is 10.0. The molecule has 4 heteroatoms. The molecule has 0 radical (unpaired) electrons. The molecule has 1 aromatic heterocycles. The van der Waals surface area contributed by atoms with Gasteiger partial charge in [0.1, 0.15) is 0 Å². The van der Waals surface area contributed by atoms with Crippen LogP contribution in [0.25, 0.3) is 10.9 Å². The number of piperazine rings is 1. The van der Waals surface area contributed by atoms with Gasteiger partial charge in [-0.05, 0) is 24.5 Å². The van der Waals surface area contributed by atoms with Gasteiger partial charge in [-0.15, -0.1) is 0 Å². The van der Waals surface area contributed by atoms with Crippen LogP contribution in [0.2, 0.25) is 0 Å². The van der Waals surface area contributed by atoms with Crippen LogP contribution in [0.5, 0.6) is 0 Å². The van der Waals surface area contributed by atoms with E-state index in [2.05, 4.69) is 42.3 Å². The number of nitrogens with zero attached hydrogens (tertiary/aromatic N) is 1. The SMILES string of the molecule is CCc1cccc2c(CC(=O)N3CCN[C@H](C)C3)c[nH]c12. The number of hydrogen-bond donors (Lipinski definition) is 2. The second-order valence-electron chi connectivity index (χ2n) is 5.88. The Bertz CT molecular complexity index is 647. The highest BCUT2D eigenvalue weighted by Crippen LogP contribution is 2.23. The van der Waals surface area contributed by atoms with Crippen LogP contribution in [0.3, 0.4) is 0 Å². The Balaban J connectivity index is 1.80. The molecule has 0 unspecified atom stereocenters. The largest absolute Gasteiger partial charge is 0.361 e. The van der Waals surface area contributed by atoms with E-state index in [4.69, 9.17) is 0 Å². The zero-order valence-corrected chi connectivity index (χ0v) is 12.8. The van der Waals surface area contributed by atoms with Crippen molar-refractivity contribution in [2.24, 2.45) is 0 Å². The number of aromatic nitrogens is 1. The minimum atomic E-state index is 0.228. The molecule has 2 N–H and O–H groups in total. The summed E-state index contributed by atoms with van der Waals surface area (Å²) in [5.74, 6) is 0.228. The van der Waals surface area contributed by atoms with Crippen molar-refractivity contribution in [1.82, 2.24) is 15.2 Å². The van der Waals surface area contributed by atoms with Gasteiger partial charge >= 0.3 is 0 Å². The number of aryl methyl sites for hydroxylation is 1. The van der Waals surface area contributed by atoms with E-state index in [1.807, 2.05) is 11.1 Å². The highest BCUT2D eigenvalue weighted by atomic mass is 16.2. The Kier molecular flexibility index (Phi) is 3.97. The molecule has 0 saturated carbocycles. The summed E-state index contributed by atoms with van der Waals surface area (Å²) in [7, 11) is 0. The average Bonchev–Trinajstić information content (AvgIpc) is 2.90. The van der Waals surface area contributed by atoms with E-state index >= 15 is 0 Å². The molecule has 2 heterocycles. The molecule has 3 rings (SSSR count). The van der Waals surface area contributed by atoms with Crippen molar-refractivity contribution in [3.05, 3.63) is 35.5 Å². The molecular weight excluding hydrogens is 262 g/mol. The number of rotatable bonds is 3. The molecule has 1 fully saturated rings. The van der Waals surface area contributed by atoms with Crippen LogP contribution < -0.4 is 5.32 Å². The summed E-state index contributed by atoms with van der Waals surface area (Å²) in [4.78, 5) is 17.8. The highest BCUT2D eigenvalue weighted by Gasteiger charge is 2.21. The molecular formula is C17H23N3O. The number of H-pyrrole nitrogens is 1. The molecule has 1 aliphatic rings. The van der Waals surface area contributed by atoms with E-state index in [1.54, 1.807) is 0 Å². The van der Waals surface area contributed by atoms with Gasteiger partial charge in [0.05, 0.1) is 6.42 Å². The summed E-state index contributed by atoms with van der Waals surface area (Å²) >= 11 is 0.